The molecule has 6 rings (SSSR count). The van der Waals surface area contributed by atoms with Crippen LogP contribution in [-0.4, -0.2) is 64.2 Å². The van der Waals surface area contributed by atoms with Crippen molar-refractivity contribution in [3.8, 4) is 0 Å². The lowest BCUT2D eigenvalue weighted by Gasteiger charge is -2.35. The molecule has 0 aliphatic carbocycles. The van der Waals surface area contributed by atoms with Crippen LogP contribution >= 0.6 is 0 Å². The van der Waals surface area contributed by atoms with E-state index in [1.807, 2.05) is 21.5 Å². The molecule has 3 aliphatic heterocycles. The summed E-state index contributed by atoms with van der Waals surface area (Å²) in [6, 6.07) is 10.6. The highest BCUT2D eigenvalue weighted by Gasteiger charge is 2.31. The first-order valence-electron chi connectivity index (χ1n) is 13.6. The largest absolute Gasteiger partial charge is 0.355 e. The number of piperidine rings is 2. The molecular weight excluding hydrogens is 450 g/mol. The first-order chi connectivity index (χ1) is 17.6. The topological polar surface area (TPSA) is 91.8 Å². The van der Waals surface area contributed by atoms with Crippen molar-refractivity contribution in [1.29, 1.82) is 0 Å². The van der Waals surface area contributed by atoms with Crippen molar-refractivity contribution in [2.45, 2.75) is 63.5 Å². The first-order valence-corrected chi connectivity index (χ1v) is 13.6. The fourth-order valence-corrected chi connectivity index (χ4v) is 6.16. The number of rotatable bonds is 4. The summed E-state index contributed by atoms with van der Waals surface area (Å²) in [6.45, 7) is 6.75. The lowest BCUT2D eigenvalue weighted by atomic mass is 9.91. The highest BCUT2D eigenvalue weighted by Crippen LogP contribution is 2.33. The number of aryl methyl sites for hydroxylation is 1. The number of benzene rings is 1. The molecule has 190 valence electrons. The Morgan fingerprint density at radius 3 is 2.69 bits per heavy atom. The molecule has 1 amide bonds. The van der Waals surface area contributed by atoms with Crippen LogP contribution in [0.25, 0.3) is 5.65 Å². The van der Waals surface area contributed by atoms with Gasteiger partial charge in [0, 0.05) is 55.6 Å². The Bertz CT molecular complexity index is 1230. The SMILES string of the molecule is Cc1cn2nc([C@@H]3CCCCN3C(=O)c3ccc(C4CCCNC4)cc3)cc2nc1N1CC[C@H](N)C1. The van der Waals surface area contributed by atoms with Gasteiger partial charge in [0.1, 0.15) is 5.82 Å². The monoisotopic (exact) mass is 487 g/mol. The molecule has 0 spiro atoms. The second-order valence-corrected chi connectivity index (χ2v) is 10.8. The summed E-state index contributed by atoms with van der Waals surface area (Å²) in [7, 11) is 0. The van der Waals surface area contributed by atoms with Crippen molar-refractivity contribution in [2.75, 3.05) is 37.6 Å². The molecule has 1 unspecified atom stereocenters. The van der Waals surface area contributed by atoms with Gasteiger partial charge in [-0.25, -0.2) is 9.50 Å². The molecule has 3 saturated heterocycles. The highest BCUT2D eigenvalue weighted by molar-refractivity contribution is 5.94. The number of hydrogen-bond acceptors (Lipinski definition) is 6. The second kappa shape index (κ2) is 9.82. The molecule has 3 N–H and O–H groups in total. The van der Waals surface area contributed by atoms with E-state index in [0.717, 1.165) is 86.7 Å². The molecule has 8 nitrogen and oxygen atoms in total. The van der Waals surface area contributed by atoms with Crippen LogP contribution in [0.3, 0.4) is 0 Å². The lowest BCUT2D eigenvalue weighted by Crippen LogP contribution is -2.38. The quantitative estimate of drug-likeness (QED) is 0.586. The minimum absolute atomic E-state index is 0.0286. The van der Waals surface area contributed by atoms with E-state index in [4.69, 9.17) is 15.8 Å². The Morgan fingerprint density at radius 2 is 1.94 bits per heavy atom. The lowest BCUT2D eigenvalue weighted by molar-refractivity contribution is 0.0605. The average molecular weight is 488 g/mol. The van der Waals surface area contributed by atoms with Gasteiger partial charge in [0.15, 0.2) is 5.65 Å². The van der Waals surface area contributed by atoms with E-state index >= 15 is 0 Å². The Kier molecular flexibility index (Phi) is 6.39. The van der Waals surface area contributed by atoms with Crippen LogP contribution in [0.15, 0.2) is 36.5 Å². The summed E-state index contributed by atoms with van der Waals surface area (Å²) >= 11 is 0. The number of anilines is 1. The first kappa shape index (κ1) is 23.4. The Labute approximate surface area is 212 Å². The number of hydrogen-bond donors (Lipinski definition) is 2. The second-order valence-electron chi connectivity index (χ2n) is 10.8. The van der Waals surface area contributed by atoms with Gasteiger partial charge in [0.25, 0.3) is 5.91 Å². The third-order valence-electron chi connectivity index (χ3n) is 8.18. The molecule has 8 heteroatoms. The molecular formula is C28H37N7O. The van der Waals surface area contributed by atoms with Gasteiger partial charge in [-0.2, -0.15) is 5.10 Å². The van der Waals surface area contributed by atoms with Crippen molar-refractivity contribution in [3.63, 3.8) is 0 Å². The molecule has 5 heterocycles. The van der Waals surface area contributed by atoms with Crippen molar-refractivity contribution < 1.29 is 4.79 Å². The standard InChI is InChI=1S/C28H37N7O/c1-19-17-35-26(31-27(19)33-14-11-23(29)18-33)15-24(32-35)25-6-2-3-13-34(25)28(36)21-9-7-20(8-10-21)22-5-4-12-30-16-22/h7-10,15,17,22-23,25,30H,2-6,11-14,16,18,29H2,1H3/t22?,23-,25-/m0/s1. The molecule has 2 aromatic heterocycles. The summed E-state index contributed by atoms with van der Waals surface area (Å²) in [6.07, 6.45) is 8.52. The highest BCUT2D eigenvalue weighted by atomic mass is 16.2. The van der Waals surface area contributed by atoms with E-state index in [9.17, 15) is 4.79 Å². The number of aromatic nitrogens is 3. The van der Waals surface area contributed by atoms with Crippen LogP contribution in [0, 0.1) is 6.92 Å². The maximum Gasteiger partial charge on any atom is 0.254 e. The zero-order valence-corrected chi connectivity index (χ0v) is 21.2. The molecule has 0 bridgehead atoms. The minimum atomic E-state index is -0.0286. The van der Waals surface area contributed by atoms with E-state index in [1.54, 1.807) is 0 Å². The van der Waals surface area contributed by atoms with Crippen LogP contribution in [0.1, 0.15) is 77.7 Å². The van der Waals surface area contributed by atoms with E-state index in [0.29, 0.717) is 5.92 Å². The Balaban J connectivity index is 1.24. The van der Waals surface area contributed by atoms with Gasteiger partial charge in [-0.3, -0.25) is 4.79 Å². The van der Waals surface area contributed by atoms with E-state index < -0.39 is 0 Å². The molecule has 3 aromatic rings. The summed E-state index contributed by atoms with van der Waals surface area (Å²) in [5.41, 5.74) is 11.1. The summed E-state index contributed by atoms with van der Waals surface area (Å²) in [4.78, 5) is 22.9. The summed E-state index contributed by atoms with van der Waals surface area (Å²) in [5.74, 6) is 1.63. The fourth-order valence-electron chi connectivity index (χ4n) is 6.16. The van der Waals surface area contributed by atoms with E-state index in [1.165, 1.54) is 18.4 Å². The van der Waals surface area contributed by atoms with Gasteiger partial charge in [-0.05, 0) is 75.6 Å². The maximum absolute atomic E-state index is 13.6. The van der Waals surface area contributed by atoms with Gasteiger partial charge < -0.3 is 20.9 Å². The van der Waals surface area contributed by atoms with Crippen LogP contribution < -0.4 is 16.0 Å². The molecule has 3 fully saturated rings. The van der Waals surface area contributed by atoms with Gasteiger partial charge in [-0.15, -0.1) is 0 Å². The third kappa shape index (κ3) is 4.48. The fraction of sp³-hybridized carbons (Fsp3) is 0.536. The number of carbonyl (C=O) groups excluding carboxylic acids is 1. The molecule has 36 heavy (non-hydrogen) atoms. The number of nitrogens with two attached hydrogens (primary N) is 1. The van der Waals surface area contributed by atoms with Gasteiger partial charge in [0.05, 0.1) is 11.7 Å². The van der Waals surface area contributed by atoms with Gasteiger partial charge in [0.2, 0.25) is 0 Å². The minimum Gasteiger partial charge on any atom is -0.355 e. The number of nitrogens with zero attached hydrogens (tertiary/aromatic N) is 5. The summed E-state index contributed by atoms with van der Waals surface area (Å²) in [5, 5.41) is 8.38. The smallest absolute Gasteiger partial charge is 0.254 e. The van der Waals surface area contributed by atoms with Crippen LogP contribution in [0.5, 0.6) is 0 Å². The van der Waals surface area contributed by atoms with E-state index in [-0.39, 0.29) is 18.0 Å². The number of likely N-dealkylation sites (tertiary alicyclic amines) is 1. The maximum atomic E-state index is 13.6. The summed E-state index contributed by atoms with van der Waals surface area (Å²) < 4.78 is 1.87. The Morgan fingerprint density at radius 1 is 1.08 bits per heavy atom. The number of nitrogens with one attached hydrogen (secondary N) is 1. The predicted octanol–water partition coefficient (Wildman–Crippen LogP) is 3.41. The zero-order chi connectivity index (χ0) is 24.6. The average Bonchev–Trinajstić information content (AvgIpc) is 3.54. The molecule has 0 saturated carbocycles. The van der Waals surface area contributed by atoms with Crippen molar-refractivity contribution in [3.05, 3.63) is 58.9 Å². The zero-order valence-electron chi connectivity index (χ0n) is 21.2. The molecule has 3 aliphatic rings. The number of fused-ring (bicyclic) bond motifs is 1. The number of carbonyl (C=O) groups is 1. The third-order valence-corrected chi connectivity index (χ3v) is 8.18. The predicted molar refractivity (Wildman–Crippen MR) is 141 cm³/mol. The van der Waals surface area contributed by atoms with Crippen LogP contribution in [-0.2, 0) is 0 Å². The van der Waals surface area contributed by atoms with Crippen LogP contribution in [0.2, 0.25) is 0 Å². The van der Waals surface area contributed by atoms with Crippen molar-refractivity contribution in [1.82, 2.24) is 24.8 Å². The van der Waals surface area contributed by atoms with Crippen molar-refractivity contribution >= 4 is 17.4 Å². The van der Waals surface area contributed by atoms with Crippen LogP contribution in [0.4, 0.5) is 5.82 Å². The van der Waals surface area contributed by atoms with Crippen molar-refractivity contribution in [2.24, 2.45) is 5.73 Å². The van der Waals surface area contributed by atoms with E-state index in [2.05, 4.69) is 41.5 Å². The number of amides is 1. The van der Waals surface area contributed by atoms with Gasteiger partial charge >= 0.3 is 0 Å². The molecule has 0 radical (unpaired) electrons. The Hall–Kier alpha value is -2.97. The normalized spacial score (nSPS) is 25.0. The van der Waals surface area contributed by atoms with Gasteiger partial charge in [-0.1, -0.05) is 12.1 Å². The molecule has 1 aromatic carbocycles. The molecule has 3 atom stereocenters.